The van der Waals surface area contributed by atoms with Crippen molar-refractivity contribution in [2.45, 2.75) is 43.4 Å². The highest BCUT2D eigenvalue weighted by molar-refractivity contribution is 7.92. The van der Waals surface area contributed by atoms with Crippen LogP contribution in [0.4, 0.5) is 11.4 Å². The number of hydrogen-bond acceptors (Lipinski definition) is 7. The second-order valence-electron chi connectivity index (χ2n) is 10.4. The number of nitrogens with zero attached hydrogens (tertiary/aromatic N) is 4. The van der Waals surface area contributed by atoms with Crippen LogP contribution in [0.5, 0.6) is 0 Å². The van der Waals surface area contributed by atoms with Crippen molar-refractivity contribution in [3.8, 4) is 11.1 Å². The van der Waals surface area contributed by atoms with Gasteiger partial charge in [0, 0.05) is 49.9 Å². The van der Waals surface area contributed by atoms with Gasteiger partial charge in [0.1, 0.15) is 9.84 Å². The van der Waals surface area contributed by atoms with Crippen LogP contribution in [0, 0.1) is 0 Å². The predicted octanol–water partition coefficient (Wildman–Crippen LogP) is 3.55. The second-order valence-corrected chi connectivity index (χ2v) is 15.0. The van der Waals surface area contributed by atoms with E-state index in [1.54, 1.807) is 13.2 Å². The molecule has 1 aromatic heterocycles. The minimum atomic E-state index is -3.31. The Hall–Kier alpha value is -1.88. The third-order valence-corrected chi connectivity index (χ3v) is 11.1. The molecular formula is C25H33ClN4O4S2. The molecule has 0 N–H and O–H groups in total. The van der Waals surface area contributed by atoms with Crippen molar-refractivity contribution < 1.29 is 16.8 Å². The number of sulfonamides is 1. The normalized spacial score (nSPS) is 21.3. The lowest BCUT2D eigenvalue weighted by atomic mass is 9.84. The summed E-state index contributed by atoms with van der Waals surface area (Å²) < 4.78 is 49.2. The van der Waals surface area contributed by atoms with Crippen molar-refractivity contribution in [2.24, 2.45) is 0 Å². The summed E-state index contributed by atoms with van der Waals surface area (Å²) in [7, 11) is -4.67. The Morgan fingerprint density at radius 2 is 1.86 bits per heavy atom. The van der Waals surface area contributed by atoms with E-state index in [2.05, 4.69) is 14.8 Å². The van der Waals surface area contributed by atoms with Crippen molar-refractivity contribution in [1.29, 1.82) is 0 Å². The smallest absolute Gasteiger partial charge is 0.239 e. The van der Waals surface area contributed by atoms with E-state index in [0.29, 0.717) is 17.1 Å². The van der Waals surface area contributed by atoms with Crippen molar-refractivity contribution >= 4 is 42.8 Å². The molecule has 0 atom stereocenters. The van der Waals surface area contributed by atoms with Gasteiger partial charge < -0.3 is 4.90 Å². The van der Waals surface area contributed by atoms with E-state index in [0.717, 1.165) is 74.2 Å². The number of pyridine rings is 1. The third-order valence-electron chi connectivity index (χ3n) is 8.05. The van der Waals surface area contributed by atoms with Gasteiger partial charge in [0.05, 0.1) is 27.9 Å². The van der Waals surface area contributed by atoms with E-state index < -0.39 is 19.9 Å². The molecule has 0 amide bonds. The molecule has 1 aromatic carbocycles. The Bertz CT molecular complexity index is 1370. The lowest BCUT2D eigenvalue weighted by Crippen LogP contribution is -2.52. The molecule has 0 radical (unpaired) electrons. The van der Waals surface area contributed by atoms with Gasteiger partial charge in [-0.25, -0.2) is 16.8 Å². The van der Waals surface area contributed by atoms with Crippen molar-refractivity contribution in [1.82, 2.24) is 9.88 Å². The molecule has 196 valence electrons. The van der Waals surface area contributed by atoms with Gasteiger partial charge in [0.25, 0.3) is 0 Å². The van der Waals surface area contributed by atoms with E-state index in [1.807, 2.05) is 24.4 Å². The number of fused-ring (bicyclic) bond motifs is 1. The number of likely N-dealkylation sites (tertiary alicyclic amines) is 1. The number of rotatable bonds is 6. The maximum atomic E-state index is 12.3. The van der Waals surface area contributed by atoms with Crippen LogP contribution < -0.4 is 9.21 Å². The average Bonchev–Trinajstić information content (AvgIpc) is 3.30. The summed E-state index contributed by atoms with van der Waals surface area (Å²) in [6, 6.07) is 5.75. The number of benzene rings is 1. The first-order chi connectivity index (χ1) is 17.0. The molecule has 3 aliphatic heterocycles. The zero-order valence-corrected chi connectivity index (χ0v) is 23.2. The lowest BCUT2D eigenvalue weighted by molar-refractivity contribution is 0.108. The Kier molecular flexibility index (Phi) is 6.76. The summed E-state index contributed by atoms with van der Waals surface area (Å²) in [4.78, 5) is 9.19. The fraction of sp³-hybridized carbons (Fsp3) is 0.560. The highest BCUT2D eigenvalue weighted by atomic mass is 35.5. The Labute approximate surface area is 219 Å². The number of halogens is 1. The molecule has 5 rings (SSSR count). The molecule has 11 heteroatoms. The summed E-state index contributed by atoms with van der Waals surface area (Å²) in [5.41, 5.74) is 4.39. The number of piperidine rings is 1. The van der Waals surface area contributed by atoms with Crippen LogP contribution in [0.1, 0.15) is 37.7 Å². The Balaban J connectivity index is 1.36. The maximum absolute atomic E-state index is 12.3. The molecule has 36 heavy (non-hydrogen) atoms. The Morgan fingerprint density at radius 1 is 1.11 bits per heavy atom. The fourth-order valence-corrected chi connectivity index (χ4v) is 8.38. The molecule has 2 aromatic rings. The SMILES string of the molecule is CN1c2ccc(-c3cncc(Cl)c3N3CCC4(CCCN4CCCS(C)(=O)=O)CC3)cc2CS1(=O)=O. The predicted molar refractivity (Wildman–Crippen MR) is 145 cm³/mol. The van der Waals surface area contributed by atoms with Gasteiger partial charge in [-0.3, -0.25) is 14.2 Å². The Morgan fingerprint density at radius 3 is 2.58 bits per heavy atom. The van der Waals surface area contributed by atoms with Gasteiger partial charge in [-0.15, -0.1) is 0 Å². The first kappa shape index (κ1) is 25.8. The quantitative estimate of drug-likeness (QED) is 0.541. The van der Waals surface area contributed by atoms with Crippen LogP contribution in [0.2, 0.25) is 5.02 Å². The van der Waals surface area contributed by atoms with E-state index in [4.69, 9.17) is 11.6 Å². The van der Waals surface area contributed by atoms with Crippen molar-refractivity contribution in [2.75, 3.05) is 54.4 Å². The number of hydrogen-bond donors (Lipinski definition) is 0. The van der Waals surface area contributed by atoms with Crippen LogP contribution in [-0.2, 0) is 25.6 Å². The molecule has 0 aliphatic carbocycles. The van der Waals surface area contributed by atoms with Crippen molar-refractivity contribution in [3.63, 3.8) is 0 Å². The molecule has 1 spiro atoms. The first-order valence-corrected chi connectivity index (χ1v) is 16.5. The molecule has 0 bridgehead atoms. The summed E-state index contributed by atoms with van der Waals surface area (Å²) >= 11 is 6.71. The summed E-state index contributed by atoms with van der Waals surface area (Å²) in [6.07, 6.45) is 9.74. The monoisotopic (exact) mass is 552 g/mol. The molecule has 2 saturated heterocycles. The zero-order chi connectivity index (χ0) is 25.7. The van der Waals surface area contributed by atoms with E-state index in [-0.39, 0.29) is 17.0 Å². The number of aromatic nitrogens is 1. The summed E-state index contributed by atoms with van der Waals surface area (Å²) in [5, 5.41) is 0.588. The third kappa shape index (κ3) is 4.85. The zero-order valence-electron chi connectivity index (χ0n) is 20.8. The van der Waals surface area contributed by atoms with Crippen LogP contribution in [0.25, 0.3) is 11.1 Å². The summed E-state index contributed by atoms with van der Waals surface area (Å²) in [6.45, 7) is 3.54. The minimum absolute atomic E-state index is 0.00258. The maximum Gasteiger partial charge on any atom is 0.239 e. The van der Waals surface area contributed by atoms with Gasteiger partial charge >= 0.3 is 0 Å². The standard InChI is InChI=1S/C25H33ClN4O4S2/c1-28-23-6-5-19(15-20(23)18-36(28,33)34)21-16-27-17-22(26)24(21)29-12-8-25(9-13-29)7-3-10-30(25)11-4-14-35(2,31)32/h5-6,15-17H,3-4,7-14,18H2,1-2H3. The highest BCUT2D eigenvalue weighted by Crippen LogP contribution is 2.44. The molecule has 4 heterocycles. The first-order valence-electron chi connectivity index (χ1n) is 12.4. The van der Waals surface area contributed by atoms with Gasteiger partial charge in [-0.05, 0) is 68.5 Å². The molecule has 8 nitrogen and oxygen atoms in total. The van der Waals surface area contributed by atoms with Gasteiger partial charge in [0.2, 0.25) is 10.0 Å². The topological polar surface area (TPSA) is 90.9 Å². The lowest BCUT2D eigenvalue weighted by Gasteiger charge is -2.46. The van der Waals surface area contributed by atoms with E-state index >= 15 is 0 Å². The minimum Gasteiger partial charge on any atom is -0.370 e. The van der Waals surface area contributed by atoms with Crippen LogP contribution in [0.3, 0.4) is 0 Å². The number of sulfone groups is 1. The van der Waals surface area contributed by atoms with Gasteiger partial charge in [-0.1, -0.05) is 17.7 Å². The van der Waals surface area contributed by atoms with Crippen LogP contribution in [0.15, 0.2) is 30.6 Å². The van der Waals surface area contributed by atoms with E-state index in [9.17, 15) is 16.8 Å². The van der Waals surface area contributed by atoms with E-state index in [1.165, 1.54) is 10.6 Å². The second kappa shape index (κ2) is 9.45. The fourth-order valence-electron chi connectivity index (χ4n) is 6.15. The molecule has 0 unspecified atom stereocenters. The molecule has 0 saturated carbocycles. The van der Waals surface area contributed by atoms with Crippen LogP contribution in [-0.4, -0.2) is 77.5 Å². The number of anilines is 2. The summed E-state index contributed by atoms with van der Waals surface area (Å²) in [5.74, 6) is 0.233. The van der Waals surface area contributed by atoms with Gasteiger partial charge in [0.15, 0.2) is 0 Å². The molecular weight excluding hydrogens is 520 g/mol. The van der Waals surface area contributed by atoms with Crippen molar-refractivity contribution in [3.05, 3.63) is 41.2 Å². The largest absolute Gasteiger partial charge is 0.370 e. The molecule has 2 fully saturated rings. The molecule has 3 aliphatic rings. The van der Waals surface area contributed by atoms with Crippen LogP contribution >= 0.6 is 11.6 Å². The average molecular weight is 553 g/mol. The highest BCUT2D eigenvalue weighted by Gasteiger charge is 2.43. The van der Waals surface area contributed by atoms with Gasteiger partial charge in [-0.2, -0.15) is 0 Å².